The van der Waals surface area contributed by atoms with Gasteiger partial charge < -0.3 is 0 Å². The molecule has 1 aromatic rings. The molecule has 2 aliphatic rings. The molecule has 0 heterocycles. The highest BCUT2D eigenvalue weighted by Gasteiger charge is 2.30. The molecule has 1 nitrogen and oxygen atoms in total. The Morgan fingerprint density at radius 3 is 2.62 bits per heavy atom. The third-order valence-corrected chi connectivity index (χ3v) is 3.99. The summed E-state index contributed by atoms with van der Waals surface area (Å²) in [5.41, 5.74) is 2.86. The van der Waals surface area contributed by atoms with Crippen LogP contribution in [0.2, 0.25) is 0 Å². The molecule has 3 rings (SSSR count). The molecule has 0 spiro atoms. The van der Waals surface area contributed by atoms with Gasteiger partial charge in [0.25, 0.3) is 0 Å². The largest absolute Gasteiger partial charge is 0.299 e. The van der Waals surface area contributed by atoms with Gasteiger partial charge in [-0.3, -0.25) is 4.79 Å². The van der Waals surface area contributed by atoms with Gasteiger partial charge in [0.1, 0.15) is 5.78 Å². The summed E-state index contributed by atoms with van der Waals surface area (Å²) >= 11 is 0. The zero-order chi connectivity index (χ0) is 11.0. The fourth-order valence-electron chi connectivity index (χ4n) is 2.75. The maximum absolute atomic E-state index is 12.1. The van der Waals surface area contributed by atoms with Gasteiger partial charge in [0, 0.05) is 12.3 Å². The van der Waals surface area contributed by atoms with E-state index in [1.807, 2.05) is 0 Å². The SMILES string of the molecule is O=C(CC1CC1)C1CCc2ccccc2C1. The van der Waals surface area contributed by atoms with Crippen LogP contribution in [0.15, 0.2) is 24.3 Å². The molecule has 0 bridgehead atoms. The smallest absolute Gasteiger partial charge is 0.136 e. The quantitative estimate of drug-likeness (QED) is 0.755. The molecule has 16 heavy (non-hydrogen) atoms. The highest BCUT2D eigenvalue weighted by atomic mass is 16.1. The predicted octanol–water partition coefficient (Wildman–Crippen LogP) is 3.16. The summed E-state index contributed by atoms with van der Waals surface area (Å²) in [5, 5.41) is 0. The van der Waals surface area contributed by atoms with Crippen molar-refractivity contribution in [2.75, 3.05) is 0 Å². The van der Waals surface area contributed by atoms with Gasteiger partial charge in [-0.15, -0.1) is 0 Å². The second-order valence-electron chi connectivity index (χ2n) is 5.32. The van der Waals surface area contributed by atoms with E-state index in [2.05, 4.69) is 24.3 Å². The number of aryl methyl sites for hydroxylation is 1. The van der Waals surface area contributed by atoms with E-state index >= 15 is 0 Å². The highest BCUT2D eigenvalue weighted by Crippen LogP contribution is 2.35. The summed E-state index contributed by atoms with van der Waals surface area (Å²) in [6.07, 6.45) is 6.58. The third-order valence-electron chi connectivity index (χ3n) is 3.99. The Morgan fingerprint density at radius 1 is 1.12 bits per heavy atom. The first-order valence-corrected chi connectivity index (χ1v) is 6.42. The molecule has 0 aromatic heterocycles. The van der Waals surface area contributed by atoms with Gasteiger partial charge >= 0.3 is 0 Å². The maximum Gasteiger partial charge on any atom is 0.136 e. The number of carbonyl (C=O) groups is 1. The number of carbonyl (C=O) groups excluding carboxylic acids is 1. The average molecular weight is 214 g/mol. The van der Waals surface area contributed by atoms with Crippen molar-refractivity contribution in [1.82, 2.24) is 0 Å². The van der Waals surface area contributed by atoms with E-state index < -0.39 is 0 Å². The Kier molecular flexibility index (Phi) is 2.55. The number of hydrogen-bond acceptors (Lipinski definition) is 1. The van der Waals surface area contributed by atoms with Crippen LogP contribution in [0.3, 0.4) is 0 Å². The Morgan fingerprint density at radius 2 is 1.88 bits per heavy atom. The fraction of sp³-hybridized carbons (Fsp3) is 0.533. The molecule has 1 heteroatoms. The number of rotatable bonds is 3. The number of benzene rings is 1. The lowest BCUT2D eigenvalue weighted by Crippen LogP contribution is -2.22. The molecule has 1 aromatic carbocycles. The molecule has 0 saturated heterocycles. The van der Waals surface area contributed by atoms with Crippen LogP contribution < -0.4 is 0 Å². The first-order valence-electron chi connectivity index (χ1n) is 6.42. The van der Waals surface area contributed by atoms with Gasteiger partial charge in [-0.05, 0) is 49.1 Å². The van der Waals surface area contributed by atoms with E-state index in [9.17, 15) is 4.79 Å². The lowest BCUT2D eigenvalue weighted by atomic mass is 9.80. The molecular weight excluding hydrogens is 196 g/mol. The molecule has 1 saturated carbocycles. The van der Waals surface area contributed by atoms with Crippen LogP contribution in [0, 0.1) is 11.8 Å². The average Bonchev–Trinajstić information content (AvgIpc) is 3.12. The van der Waals surface area contributed by atoms with E-state index in [4.69, 9.17) is 0 Å². The fourth-order valence-corrected chi connectivity index (χ4v) is 2.75. The molecule has 1 unspecified atom stereocenters. The summed E-state index contributed by atoms with van der Waals surface area (Å²) in [6.45, 7) is 0. The van der Waals surface area contributed by atoms with Crippen molar-refractivity contribution < 1.29 is 4.79 Å². The third kappa shape index (κ3) is 2.04. The lowest BCUT2D eigenvalue weighted by Gasteiger charge is -2.23. The minimum Gasteiger partial charge on any atom is -0.299 e. The van der Waals surface area contributed by atoms with E-state index in [1.54, 1.807) is 0 Å². The summed E-state index contributed by atoms with van der Waals surface area (Å²) in [6, 6.07) is 8.58. The Balaban J connectivity index is 1.69. The summed E-state index contributed by atoms with van der Waals surface area (Å²) < 4.78 is 0. The number of Topliss-reactive ketones (excluding diaryl/α,β-unsaturated/α-hetero) is 1. The van der Waals surface area contributed by atoms with Crippen LogP contribution in [0.25, 0.3) is 0 Å². The minimum atomic E-state index is 0.315. The van der Waals surface area contributed by atoms with Crippen molar-refractivity contribution in [3.63, 3.8) is 0 Å². The normalized spacial score (nSPS) is 23.9. The number of ketones is 1. The van der Waals surface area contributed by atoms with Gasteiger partial charge in [0.15, 0.2) is 0 Å². The van der Waals surface area contributed by atoms with Crippen molar-refractivity contribution in [3.8, 4) is 0 Å². The van der Waals surface area contributed by atoms with Crippen LogP contribution in [0.5, 0.6) is 0 Å². The van der Waals surface area contributed by atoms with Crippen molar-refractivity contribution in [1.29, 1.82) is 0 Å². The van der Waals surface area contributed by atoms with Crippen LogP contribution >= 0.6 is 0 Å². The molecule has 1 fully saturated rings. The van der Waals surface area contributed by atoms with Crippen molar-refractivity contribution in [2.24, 2.45) is 11.8 Å². The predicted molar refractivity (Wildman–Crippen MR) is 64.3 cm³/mol. The minimum absolute atomic E-state index is 0.315. The van der Waals surface area contributed by atoms with Crippen molar-refractivity contribution in [3.05, 3.63) is 35.4 Å². The monoisotopic (exact) mass is 214 g/mol. The van der Waals surface area contributed by atoms with Crippen LogP contribution in [-0.2, 0) is 17.6 Å². The van der Waals surface area contributed by atoms with Crippen LogP contribution in [-0.4, -0.2) is 5.78 Å². The highest BCUT2D eigenvalue weighted by molar-refractivity contribution is 5.82. The molecule has 2 aliphatic carbocycles. The van der Waals surface area contributed by atoms with E-state index in [0.29, 0.717) is 11.7 Å². The summed E-state index contributed by atoms with van der Waals surface area (Å²) in [7, 11) is 0. The Hall–Kier alpha value is -1.11. The van der Waals surface area contributed by atoms with E-state index in [0.717, 1.165) is 31.6 Å². The first kappa shape index (κ1) is 10.1. The van der Waals surface area contributed by atoms with Gasteiger partial charge in [-0.25, -0.2) is 0 Å². The zero-order valence-corrected chi connectivity index (χ0v) is 9.61. The van der Waals surface area contributed by atoms with Crippen LogP contribution in [0.4, 0.5) is 0 Å². The van der Waals surface area contributed by atoms with Crippen molar-refractivity contribution in [2.45, 2.75) is 38.5 Å². The van der Waals surface area contributed by atoms with Crippen LogP contribution in [0.1, 0.15) is 36.8 Å². The number of fused-ring (bicyclic) bond motifs is 1. The topological polar surface area (TPSA) is 17.1 Å². The van der Waals surface area contributed by atoms with Gasteiger partial charge in [-0.1, -0.05) is 24.3 Å². The number of hydrogen-bond donors (Lipinski definition) is 0. The summed E-state index contributed by atoms with van der Waals surface area (Å²) in [5.74, 6) is 1.58. The Labute approximate surface area is 96.9 Å². The van der Waals surface area contributed by atoms with Gasteiger partial charge in [0.2, 0.25) is 0 Å². The molecule has 0 aliphatic heterocycles. The standard InChI is InChI=1S/C15H18O/c16-15(9-11-5-6-11)14-8-7-12-3-1-2-4-13(12)10-14/h1-4,11,14H,5-10H2. The second-order valence-corrected chi connectivity index (χ2v) is 5.32. The molecule has 1 atom stereocenters. The molecule has 0 radical (unpaired) electrons. The lowest BCUT2D eigenvalue weighted by molar-refractivity contribution is -0.123. The molecule has 0 N–H and O–H groups in total. The molecular formula is C15H18O. The maximum atomic E-state index is 12.1. The zero-order valence-electron chi connectivity index (χ0n) is 9.61. The molecule has 84 valence electrons. The Bertz CT molecular complexity index is 404. The van der Waals surface area contributed by atoms with E-state index in [-0.39, 0.29) is 0 Å². The van der Waals surface area contributed by atoms with Gasteiger partial charge in [-0.2, -0.15) is 0 Å². The first-order chi connectivity index (χ1) is 7.83. The molecule has 0 amide bonds. The summed E-state index contributed by atoms with van der Waals surface area (Å²) in [4.78, 5) is 12.1. The van der Waals surface area contributed by atoms with E-state index in [1.165, 1.54) is 24.0 Å². The second kappa shape index (κ2) is 4.04. The van der Waals surface area contributed by atoms with Gasteiger partial charge in [0.05, 0.1) is 0 Å². The van der Waals surface area contributed by atoms with Crippen molar-refractivity contribution >= 4 is 5.78 Å².